The zero-order chi connectivity index (χ0) is 18.1. The summed E-state index contributed by atoms with van der Waals surface area (Å²) in [4.78, 5) is 26.4. The van der Waals surface area contributed by atoms with E-state index in [4.69, 9.17) is 9.47 Å². The number of phenols is 1. The molecule has 2 N–H and O–H groups in total. The second-order valence-electron chi connectivity index (χ2n) is 6.27. The SMILES string of the molecule is O=C(Nc1ccc(O)cc1)[C@H]1CC(=O)N(c2ccc3c(c2)OCCO3)C1. The minimum atomic E-state index is -0.440. The van der Waals surface area contributed by atoms with Crippen molar-refractivity contribution >= 4 is 23.2 Å². The van der Waals surface area contributed by atoms with E-state index in [-0.39, 0.29) is 24.0 Å². The van der Waals surface area contributed by atoms with Gasteiger partial charge in [0.05, 0.1) is 5.92 Å². The molecule has 0 aromatic heterocycles. The standard InChI is InChI=1S/C19H18N2O5/c22-15-4-1-13(2-5-15)20-19(24)12-9-18(23)21(11-12)14-3-6-16-17(10-14)26-8-7-25-16/h1-6,10,12,22H,7-9,11H2,(H,20,24)/t12-/m0/s1. The van der Waals surface area contributed by atoms with Crippen LogP contribution in [0.4, 0.5) is 11.4 Å². The van der Waals surface area contributed by atoms with Gasteiger partial charge in [-0.25, -0.2) is 0 Å². The highest BCUT2D eigenvalue weighted by molar-refractivity contribution is 6.03. The van der Waals surface area contributed by atoms with Crippen LogP contribution in [0.5, 0.6) is 17.2 Å². The van der Waals surface area contributed by atoms with Crippen molar-refractivity contribution in [2.24, 2.45) is 5.92 Å². The Bertz CT molecular complexity index is 850. The average molecular weight is 354 g/mol. The number of anilines is 2. The molecule has 7 nitrogen and oxygen atoms in total. The molecule has 134 valence electrons. The van der Waals surface area contributed by atoms with Crippen molar-refractivity contribution in [3.05, 3.63) is 42.5 Å². The lowest BCUT2D eigenvalue weighted by molar-refractivity contribution is -0.122. The van der Waals surface area contributed by atoms with Crippen LogP contribution in [0.15, 0.2) is 42.5 Å². The lowest BCUT2D eigenvalue weighted by Crippen LogP contribution is -2.28. The second-order valence-corrected chi connectivity index (χ2v) is 6.27. The number of amides is 2. The van der Waals surface area contributed by atoms with Crippen LogP contribution < -0.4 is 19.7 Å². The number of benzene rings is 2. The minimum Gasteiger partial charge on any atom is -0.508 e. The summed E-state index contributed by atoms with van der Waals surface area (Å²) in [5.74, 6) is 0.636. The van der Waals surface area contributed by atoms with E-state index in [2.05, 4.69) is 5.32 Å². The van der Waals surface area contributed by atoms with E-state index in [1.807, 2.05) is 0 Å². The van der Waals surface area contributed by atoms with Crippen LogP contribution in [0.3, 0.4) is 0 Å². The first-order chi connectivity index (χ1) is 12.6. The molecular formula is C19H18N2O5. The summed E-state index contributed by atoms with van der Waals surface area (Å²) in [6, 6.07) is 11.6. The number of carbonyl (C=O) groups excluding carboxylic acids is 2. The van der Waals surface area contributed by atoms with Crippen LogP contribution in [0.1, 0.15) is 6.42 Å². The normalized spacial score (nSPS) is 18.7. The van der Waals surface area contributed by atoms with Crippen LogP contribution in [0.2, 0.25) is 0 Å². The molecule has 1 fully saturated rings. The number of rotatable bonds is 3. The number of hydrogen-bond donors (Lipinski definition) is 2. The largest absolute Gasteiger partial charge is 0.508 e. The topological polar surface area (TPSA) is 88.1 Å². The first-order valence-electron chi connectivity index (χ1n) is 8.40. The summed E-state index contributed by atoms with van der Waals surface area (Å²) in [5.41, 5.74) is 1.28. The summed E-state index contributed by atoms with van der Waals surface area (Å²) in [6.07, 6.45) is 0.151. The van der Waals surface area contributed by atoms with Gasteiger partial charge in [-0.1, -0.05) is 0 Å². The molecule has 2 aromatic carbocycles. The van der Waals surface area contributed by atoms with Gasteiger partial charge in [0.15, 0.2) is 11.5 Å². The summed E-state index contributed by atoms with van der Waals surface area (Å²) in [5, 5.41) is 12.1. The fraction of sp³-hybridized carbons (Fsp3) is 0.263. The number of aromatic hydroxyl groups is 1. The quantitative estimate of drug-likeness (QED) is 0.825. The van der Waals surface area contributed by atoms with E-state index in [9.17, 15) is 14.7 Å². The first-order valence-corrected chi connectivity index (χ1v) is 8.40. The predicted molar refractivity (Wildman–Crippen MR) is 94.6 cm³/mol. The molecule has 0 spiro atoms. The predicted octanol–water partition coefficient (Wildman–Crippen LogP) is 2.16. The maximum absolute atomic E-state index is 12.5. The highest BCUT2D eigenvalue weighted by Crippen LogP contribution is 2.36. The van der Waals surface area contributed by atoms with E-state index in [1.165, 1.54) is 12.1 Å². The van der Waals surface area contributed by atoms with E-state index >= 15 is 0 Å². The Hall–Kier alpha value is -3.22. The molecule has 2 aromatic rings. The first kappa shape index (κ1) is 16.3. The number of carbonyl (C=O) groups is 2. The average Bonchev–Trinajstić information content (AvgIpc) is 3.05. The zero-order valence-electron chi connectivity index (χ0n) is 14.0. The number of hydrogen-bond acceptors (Lipinski definition) is 5. The third-order valence-corrected chi connectivity index (χ3v) is 4.47. The number of ether oxygens (including phenoxy) is 2. The monoisotopic (exact) mass is 354 g/mol. The molecular weight excluding hydrogens is 336 g/mol. The van der Waals surface area contributed by atoms with E-state index in [1.54, 1.807) is 35.2 Å². The highest BCUT2D eigenvalue weighted by atomic mass is 16.6. The number of nitrogens with zero attached hydrogens (tertiary/aromatic N) is 1. The van der Waals surface area contributed by atoms with Crippen molar-refractivity contribution in [3.63, 3.8) is 0 Å². The lowest BCUT2D eigenvalue weighted by Gasteiger charge is -2.22. The molecule has 1 saturated heterocycles. The minimum absolute atomic E-state index is 0.104. The number of nitrogens with one attached hydrogen (secondary N) is 1. The fourth-order valence-corrected chi connectivity index (χ4v) is 3.12. The smallest absolute Gasteiger partial charge is 0.229 e. The van der Waals surface area contributed by atoms with Crippen LogP contribution in [0, 0.1) is 5.92 Å². The Morgan fingerprint density at radius 3 is 2.58 bits per heavy atom. The summed E-state index contributed by atoms with van der Waals surface area (Å²) < 4.78 is 11.1. The summed E-state index contributed by atoms with van der Waals surface area (Å²) in [6.45, 7) is 1.29. The highest BCUT2D eigenvalue weighted by Gasteiger charge is 2.35. The Balaban J connectivity index is 1.46. The van der Waals surface area contributed by atoms with Crippen molar-refractivity contribution < 1.29 is 24.2 Å². The van der Waals surface area contributed by atoms with Gasteiger partial charge in [0, 0.05) is 30.4 Å². The Labute approximate surface area is 150 Å². The maximum atomic E-state index is 12.5. The molecule has 2 amide bonds. The van der Waals surface area contributed by atoms with Crippen molar-refractivity contribution in [2.45, 2.75) is 6.42 Å². The molecule has 26 heavy (non-hydrogen) atoms. The Kier molecular flexibility index (Phi) is 4.12. The van der Waals surface area contributed by atoms with Gasteiger partial charge in [0.1, 0.15) is 19.0 Å². The Morgan fingerprint density at radius 1 is 1.08 bits per heavy atom. The lowest BCUT2D eigenvalue weighted by atomic mass is 10.1. The molecule has 4 rings (SSSR count). The molecule has 7 heteroatoms. The van der Waals surface area contributed by atoms with Crippen LogP contribution in [0.25, 0.3) is 0 Å². The van der Waals surface area contributed by atoms with Crippen LogP contribution in [-0.4, -0.2) is 36.7 Å². The number of fused-ring (bicyclic) bond motifs is 1. The van der Waals surface area contributed by atoms with Crippen LogP contribution >= 0.6 is 0 Å². The van der Waals surface area contributed by atoms with Gasteiger partial charge in [-0.15, -0.1) is 0 Å². The molecule has 0 aliphatic carbocycles. The molecule has 0 bridgehead atoms. The number of phenolic OH excluding ortho intramolecular Hbond substituents is 1. The van der Waals surface area contributed by atoms with Gasteiger partial charge in [-0.3, -0.25) is 9.59 Å². The molecule has 0 unspecified atom stereocenters. The molecule has 2 heterocycles. The van der Waals surface area contributed by atoms with Gasteiger partial charge in [-0.2, -0.15) is 0 Å². The van der Waals surface area contributed by atoms with Gasteiger partial charge in [-0.05, 0) is 36.4 Å². The third kappa shape index (κ3) is 3.15. The van der Waals surface area contributed by atoms with Gasteiger partial charge >= 0.3 is 0 Å². The van der Waals surface area contributed by atoms with Gasteiger partial charge in [0.25, 0.3) is 0 Å². The van der Waals surface area contributed by atoms with Crippen molar-refractivity contribution in [1.29, 1.82) is 0 Å². The van der Waals surface area contributed by atoms with E-state index in [0.717, 1.165) is 0 Å². The molecule has 2 aliphatic rings. The van der Waals surface area contributed by atoms with Gasteiger partial charge < -0.3 is 24.8 Å². The fourth-order valence-electron chi connectivity index (χ4n) is 3.12. The molecule has 0 saturated carbocycles. The molecule has 0 radical (unpaired) electrons. The molecule has 2 aliphatic heterocycles. The molecule has 1 atom stereocenters. The van der Waals surface area contributed by atoms with Crippen molar-refractivity contribution in [1.82, 2.24) is 0 Å². The second kappa shape index (κ2) is 6.59. The summed E-state index contributed by atoms with van der Waals surface area (Å²) >= 11 is 0. The van der Waals surface area contributed by atoms with Crippen molar-refractivity contribution in [3.8, 4) is 17.2 Å². The Morgan fingerprint density at radius 2 is 1.81 bits per heavy atom. The summed E-state index contributed by atoms with van der Waals surface area (Å²) in [7, 11) is 0. The zero-order valence-corrected chi connectivity index (χ0v) is 14.0. The van der Waals surface area contributed by atoms with Gasteiger partial charge in [0.2, 0.25) is 11.8 Å². The maximum Gasteiger partial charge on any atom is 0.229 e. The van der Waals surface area contributed by atoms with E-state index < -0.39 is 5.92 Å². The van der Waals surface area contributed by atoms with E-state index in [0.29, 0.717) is 42.6 Å². The van der Waals surface area contributed by atoms with Crippen LogP contribution in [-0.2, 0) is 9.59 Å². The van der Waals surface area contributed by atoms with Crippen molar-refractivity contribution in [2.75, 3.05) is 30.0 Å². The third-order valence-electron chi connectivity index (χ3n) is 4.47.